The van der Waals surface area contributed by atoms with Crippen molar-refractivity contribution < 1.29 is 19.6 Å². The van der Waals surface area contributed by atoms with E-state index in [1.54, 1.807) is 0 Å². The minimum Gasteiger partial charge on any atom is -0.545 e. The lowest BCUT2D eigenvalue weighted by molar-refractivity contribution is -0.386. The van der Waals surface area contributed by atoms with Gasteiger partial charge in [0.05, 0.1) is 10.9 Å². The quantitative estimate of drug-likeness (QED) is 0.590. The lowest BCUT2D eigenvalue weighted by atomic mass is 9.74. The summed E-state index contributed by atoms with van der Waals surface area (Å²) < 4.78 is 6.30. The zero-order valence-electron chi connectivity index (χ0n) is 14.0. The van der Waals surface area contributed by atoms with E-state index in [0.717, 1.165) is 25.7 Å². The SMILES string of the molecule is CCC(C)C1(Oc2cc(C(=O)[O-])ccc2[N+](=O)[O-])CC2CCC1C2. The first kappa shape index (κ1) is 16.7. The summed E-state index contributed by atoms with van der Waals surface area (Å²) in [4.78, 5) is 22.0. The number of ether oxygens (including phenoxy) is 1. The number of rotatable bonds is 6. The smallest absolute Gasteiger partial charge is 0.310 e. The number of carbonyl (C=O) groups excluding carboxylic acids is 1. The molecule has 0 amide bonds. The van der Waals surface area contributed by atoms with Gasteiger partial charge in [-0.1, -0.05) is 13.8 Å². The Morgan fingerprint density at radius 1 is 1.46 bits per heavy atom. The minimum absolute atomic E-state index is 0.0505. The number of hydrogen-bond acceptors (Lipinski definition) is 5. The third-order valence-corrected chi connectivity index (χ3v) is 5.98. The Kier molecular flexibility index (Phi) is 4.24. The van der Waals surface area contributed by atoms with E-state index >= 15 is 0 Å². The summed E-state index contributed by atoms with van der Waals surface area (Å²) in [5, 5.41) is 22.5. The number of carbonyl (C=O) groups is 1. The zero-order valence-corrected chi connectivity index (χ0v) is 14.0. The molecule has 4 unspecified atom stereocenters. The third kappa shape index (κ3) is 2.64. The van der Waals surface area contributed by atoms with Gasteiger partial charge >= 0.3 is 5.69 Å². The van der Waals surface area contributed by atoms with Crippen LogP contribution >= 0.6 is 0 Å². The van der Waals surface area contributed by atoms with Crippen LogP contribution in [0.2, 0.25) is 0 Å². The fourth-order valence-corrected chi connectivity index (χ4v) is 4.58. The molecule has 6 nitrogen and oxygen atoms in total. The molecule has 0 aliphatic heterocycles. The Balaban J connectivity index is 2.02. The molecule has 130 valence electrons. The van der Waals surface area contributed by atoms with E-state index in [9.17, 15) is 20.0 Å². The lowest BCUT2D eigenvalue weighted by Gasteiger charge is -2.42. The standard InChI is InChI=1S/C18H23NO5/c1-3-11(2)18(10-12-4-6-14(18)8-12)24-16-9-13(17(20)21)5-7-15(16)19(22)23/h5,7,9,11-12,14H,3-4,6,8,10H2,1-2H3,(H,20,21)/p-1. The monoisotopic (exact) mass is 332 g/mol. The molecule has 1 aromatic rings. The molecule has 3 rings (SSSR count). The molecule has 0 saturated heterocycles. The first-order chi connectivity index (χ1) is 11.4. The molecular formula is C18H22NO5-. The summed E-state index contributed by atoms with van der Waals surface area (Å²) in [6, 6.07) is 3.62. The second-order valence-corrected chi connectivity index (χ2v) is 7.17. The Hall–Kier alpha value is -2.11. The topological polar surface area (TPSA) is 92.5 Å². The number of carboxylic acids is 1. The highest BCUT2D eigenvalue weighted by molar-refractivity contribution is 5.87. The van der Waals surface area contributed by atoms with Crippen LogP contribution in [-0.2, 0) is 0 Å². The van der Waals surface area contributed by atoms with Gasteiger partial charge in [-0.15, -0.1) is 0 Å². The van der Waals surface area contributed by atoms with Crippen LogP contribution in [-0.4, -0.2) is 16.5 Å². The number of benzene rings is 1. The van der Waals surface area contributed by atoms with E-state index in [4.69, 9.17) is 4.74 Å². The van der Waals surface area contributed by atoms with Gasteiger partial charge in [-0.3, -0.25) is 10.1 Å². The molecule has 2 fully saturated rings. The van der Waals surface area contributed by atoms with Gasteiger partial charge in [0.15, 0.2) is 5.75 Å². The summed E-state index contributed by atoms with van der Waals surface area (Å²) in [7, 11) is 0. The summed E-state index contributed by atoms with van der Waals surface area (Å²) in [5.41, 5.74) is -0.726. The van der Waals surface area contributed by atoms with Crippen molar-refractivity contribution in [2.24, 2.45) is 17.8 Å². The molecule has 0 aromatic heterocycles. The number of aromatic carboxylic acids is 1. The fraction of sp³-hybridized carbons (Fsp3) is 0.611. The molecule has 2 bridgehead atoms. The maximum Gasteiger partial charge on any atom is 0.310 e. The molecule has 24 heavy (non-hydrogen) atoms. The fourth-order valence-electron chi connectivity index (χ4n) is 4.58. The number of nitro benzene ring substituents is 1. The number of hydrogen-bond donors (Lipinski definition) is 0. The average molecular weight is 332 g/mol. The van der Waals surface area contributed by atoms with Crippen molar-refractivity contribution in [1.29, 1.82) is 0 Å². The summed E-state index contributed by atoms with van der Waals surface area (Å²) in [5.74, 6) is -0.0788. The molecule has 2 aliphatic rings. The Morgan fingerprint density at radius 2 is 2.21 bits per heavy atom. The predicted octanol–water partition coefficient (Wildman–Crippen LogP) is 2.94. The van der Waals surface area contributed by atoms with Crippen LogP contribution in [0.4, 0.5) is 5.69 Å². The second kappa shape index (κ2) is 6.07. The lowest BCUT2D eigenvalue weighted by Crippen LogP contribution is -2.47. The van der Waals surface area contributed by atoms with Gasteiger partial charge < -0.3 is 14.6 Å². The molecule has 4 atom stereocenters. The first-order valence-electron chi connectivity index (χ1n) is 8.56. The second-order valence-electron chi connectivity index (χ2n) is 7.17. The van der Waals surface area contributed by atoms with Gasteiger partial charge in [0.25, 0.3) is 0 Å². The summed E-state index contributed by atoms with van der Waals surface area (Å²) >= 11 is 0. The molecule has 6 heteroatoms. The van der Waals surface area contributed by atoms with Crippen molar-refractivity contribution in [2.75, 3.05) is 0 Å². The van der Waals surface area contributed by atoms with Crippen molar-refractivity contribution >= 4 is 11.7 Å². The van der Waals surface area contributed by atoms with Crippen LogP contribution in [0.25, 0.3) is 0 Å². The molecule has 1 aromatic carbocycles. The number of carboxylic acid groups (broad SMARTS) is 1. The van der Waals surface area contributed by atoms with Gasteiger partial charge in [-0.2, -0.15) is 0 Å². The van der Waals surface area contributed by atoms with Crippen LogP contribution < -0.4 is 9.84 Å². The molecule has 0 heterocycles. The van der Waals surface area contributed by atoms with Crippen LogP contribution in [0.5, 0.6) is 5.75 Å². The molecule has 2 aliphatic carbocycles. The van der Waals surface area contributed by atoms with E-state index < -0.39 is 16.5 Å². The van der Waals surface area contributed by atoms with Crippen LogP contribution in [0.3, 0.4) is 0 Å². The Morgan fingerprint density at radius 3 is 2.71 bits per heavy atom. The normalized spacial score (nSPS) is 29.4. The Bertz CT molecular complexity index is 673. The van der Waals surface area contributed by atoms with Crippen molar-refractivity contribution in [3.8, 4) is 5.75 Å². The number of nitrogens with zero attached hydrogens (tertiary/aromatic N) is 1. The first-order valence-corrected chi connectivity index (χ1v) is 8.56. The molecule has 2 saturated carbocycles. The van der Waals surface area contributed by atoms with Gasteiger partial charge in [-0.25, -0.2) is 0 Å². The third-order valence-electron chi connectivity index (χ3n) is 5.98. The van der Waals surface area contributed by atoms with E-state index in [-0.39, 0.29) is 22.9 Å². The van der Waals surface area contributed by atoms with Crippen molar-refractivity contribution in [2.45, 2.75) is 51.6 Å². The zero-order chi connectivity index (χ0) is 17.5. The van der Waals surface area contributed by atoms with Gasteiger partial charge in [0, 0.05) is 11.6 Å². The number of nitro groups is 1. The Labute approximate surface area is 141 Å². The maximum absolute atomic E-state index is 11.3. The van der Waals surface area contributed by atoms with Gasteiger partial charge in [-0.05, 0) is 62.0 Å². The van der Waals surface area contributed by atoms with Gasteiger partial charge in [0.2, 0.25) is 0 Å². The van der Waals surface area contributed by atoms with Crippen LogP contribution in [0.15, 0.2) is 18.2 Å². The highest BCUT2D eigenvalue weighted by Crippen LogP contribution is 2.56. The molecule has 0 spiro atoms. The van der Waals surface area contributed by atoms with Crippen LogP contribution in [0, 0.1) is 27.9 Å². The average Bonchev–Trinajstić information content (AvgIpc) is 3.15. The minimum atomic E-state index is -1.36. The summed E-state index contributed by atoms with van der Waals surface area (Å²) in [6.45, 7) is 4.21. The molecule has 0 radical (unpaired) electrons. The van der Waals surface area contributed by atoms with E-state index in [1.165, 1.54) is 24.6 Å². The maximum atomic E-state index is 11.3. The van der Waals surface area contributed by atoms with E-state index in [2.05, 4.69) is 13.8 Å². The van der Waals surface area contributed by atoms with E-state index in [1.807, 2.05) is 0 Å². The number of fused-ring (bicyclic) bond motifs is 2. The van der Waals surface area contributed by atoms with Crippen molar-refractivity contribution in [3.05, 3.63) is 33.9 Å². The van der Waals surface area contributed by atoms with Gasteiger partial charge in [0.1, 0.15) is 5.60 Å². The van der Waals surface area contributed by atoms with Crippen LogP contribution in [0.1, 0.15) is 56.3 Å². The van der Waals surface area contributed by atoms with Crippen molar-refractivity contribution in [3.63, 3.8) is 0 Å². The highest BCUT2D eigenvalue weighted by atomic mass is 16.6. The highest BCUT2D eigenvalue weighted by Gasteiger charge is 2.55. The molecule has 0 N–H and O–H groups in total. The predicted molar refractivity (Wildman–Crippen MR) is 85.7 cm³/mol. The molecular weight excluding hydrogens is 310 g/mol. The summed E-state index contributed by atoms with van der Waals surface area (Å²) in [6.07, 6.45) is 5.16. The van der Waals surface area contributed by atoms with E-state index in [0.29, 0.717) is 11.8 Å². The van der Waals surface area contributed by atoms with Crippen molar-refractivity contribution in [1.82, 2.24) is 0 Å². The largest absolute Gasteiger partial charge is 0.545 e.